The maximum absolute atomic E-state index is 8.69. The lowest BCUT2D eigenvalue weighted by Gasteiger charge is -1.91. The Labute approximate surface area is 86.4 Å². The van der Waals surface area contributed by atoms with Gasteiger partial charge >= 0.3 is 0 Å². The molecule has 0 unspecified atom stereocenters. The standard InChI is InChI=1S/C10H12N2OS/c13-6-2-3-8-7-14-10(12-8)9-4-1-5-11-9/h1,4-5,7,11,13H,2-3,6H2. The summed E-state index contributed by atoms with van der Waals surface area (Å²) in [5.41, 5.74) is 2.12. The first-order valence-electron chi connectivity index (χ1n) is 4.59. The number of H-pyrrole nitrogens is 1. The second-order valence-corrected chi connectivity index (χ2v) is 3.91. The van der Waals surface area contributed by atoms with Crippen molar-refractivity contribution < 1.29 is 5.11 Å². The van der Waals surface area contributed by atoms with E-state index in [1.54, 1.807) is 11.3 Å². The maximum atomic E-state index is 8.69. The number of aliphatic hydroxyl groups excluding tert-OH is 1. The first-order chi connectivity index (χ1) is 6.90. The van der Waals surface area contributed by atoms with Crippen molar-refractivity contribution in [3.05, 3.63) is 29.4 Å². The van der Waals surface area contributed by atoms with Crippen LogP contribution in [-0.2, 0) is 6.42 Å². The molecule has 0 saturated heterocycles. The Balaban J connectivity index is 2.10. The van der Waals surface area contributed by atoms with Gasteiger partial charge < -0.3 is 10.1 Å². The Hall–Kier alpha value is -1.13. The van der Waals surface area contributed by atoms with E-state index < -0.39 is 0 Å². The summed E-state index contributed by atoms with van der Waals surface area (Å²) in [6, 6.07) is 3.97. The van der Waals surface area contributed by atoms with Gasteiger partial charge in [-0.25, -0.2) is 4.98 Å². The van der Waals surface area contributed by atoms with Crippen LogP contribution >= 0.6 is 11.3 Å². The second kappa shape index (κ2) is 4.39. The van der Waals surface area contributed by atoms with Gasteiger partial charge in [-0.2, -0.15) is 0 Å². The van der Waals surface area contributed by atoms with Gasteiger partial charge in [0, 0.05) is 18.2 Å². The molecule has 3 nitrogen and oxygen atoms in total. The third-order valence-electron chi connectivity index (χ3n) is 1.97. The number of hydrogen-bond acceptors (Lipinski definition) is 3. The molecule has 0 saturated carbocycles. The largest absolute Gasteiger partial charge is 0.396 e. The van der Waals surface area contributed by atoms with Crippen molar-refractivity contribution in [2.45, 2.75) is 12.8 Å². The number of rotatable bonds is 4. The van der Waals surface area contributed by atoms with Gasteiger partial charge in [0.2, 0.25) is 0 Å². The van der Waals surface area contributed by atoms with Crippen molar-refractivity contribution >= 4 is 11.3 Å². The van der Waals surface area contributed by atoms with Gasteiger partial charge in [0.15, 0.2) is 0 Å². The zero-order valence-electron chi connectivity index (χ0n) is 7.73. The Morgan fingerprint density at radius 3 is 3.14 bits per heavy atom. The molecular formula is C10H12N2OS. The zero-order valence-corrected chi connectivity index (χ0v) is 8.55. The maximum Gasteiger partial charge on any atom is 0.139 e. The quantitative estimate of drug-likeness (QED) is 0.808. The minimum Gasteiger partial charge on any atom is -0.396 e. The molecule has 0 bridgehead atoms. The summed E-state index contributed by atoms with van der Waals surface area (Å²) in [6.07, 6.45) is 3.53. The fraction of sp³-hybridized carbons (Fsp3) is 0.300. The van der Waals surface area contributed by atoms with E-state index in [0.29, 0.717) is 0 Å². The number of aromatic nitrogens is 2. The highest BCUT2D eigenvalue weighted by molar-refractivity contribution is 7.13. The highest BCUT2D eigenvalue weighted by atomic mass is 32.1. The predicted molar refractivity (Wildman–Crippen MR) is 57.3 cm³/mol. The molecule has 2 aromatic rings. The molecule has 4 heteroatoms. The van der Waals surface area contributed by atoms with Crippen LogP contribution in [0.25, 0.3) is 10.7 Å². The molecule has 0 radical (unpaired) electrons. The third-order valence-corrected chi connectivity index (χ3v) is 2.90. The molecule has 2 rings (SSSR count). The number of thiazole rings is 1. The van der Waals surface area contributed by atoms with Crippen LogP contribution in [-0.4, -0.2) is 21.7 Å². The van der Waals surface area contributed by atoms with Gasteiger partial charge in [0.25, 0.3) is 0 Å². The van der Waals surface area contributed by atoms with Crippen LogP contribution in [0, 0.1) is 0 Å². The molecule has 14 heavy (non-hydrogen) atoms. The van der Waals surface area contributed by atoms with E-state index in [-0.39, 0.29) is 6.61 Å². The smallest absolute Gasteiger partial charge is 0.139 e. The molecule has 0 aromatic carbocycles. The molecule has 74 valence electrons. The summed E-state index contributed by atoms with van der Waals surface area (Å²) in [5, 5.41) is 11.8. The van der Waals surface area contributed by atoms with Crippen LogP contribution in [0.3, 0.4) is 0 Å². The van der Waals surface area contributed by atoms with Crippen molar-refractivity contribution in [1.29, 1.82) is 0 Å². The van der Waals surface area contributed by atoms with Gasteiger partial charge in [-0.05, 0) is 25.0 Å². The molecular weight excluding hydrogens is 196 g/mol. The molecule has 0 spiro atoms. The molecule has 0 fully saturated rings. The predicted octanol–water partition coefficient (Wildman–Crippen LogP) is 2.06. The van der Waals surface area contributed by atoms with Crippen molar-refractivity contribution in [1.82, 2.24) is 9.97 Å². The van der Waals surface area contributed by atoms with Crippen molar-refractivity contribution in [3.63, 3.8) is 0 Å². The van der Waals surface area contributed by atoms with Crippen LogP contribution in [0.5, 0.6) is 0 Å². The summed E-state index contributed by atoms with van der Waals surface area (Å²) < 4.78 is 0. The number of nitrogens with one attached hydrogen (secondary N) is 1. The SMILES string of the molecule is OCCCc1csc(-c2ccc[nH]2)n1. The molecule has 2 heterocycles. The summed E-state index contributed by atoms with van der Waals surface area (Å²) >= 11 is 1.63. The lowest BCUT2D eigenvalue weighted by atomic mass is 10.3. The Morgan fingerprint density at radius 1 is 1.50 bits per heavy atom. The van der Waals surface area contributed by atoms with E-state index >= 15 is 0 Å². The van der Waals surface area contributed by atoms with E-state index in [0.717, 1.165) is 29.2 Å². The van der Waals surface area contributed by atoms with Crippen molar-refractivity contribution in [2.75, 3.05) is 6.61 Å². The molecule has 2 N–H and O–H groups in total. The Bertz CT molecular complexity index is 380. The highest BCUT2D eigenvalue weighted by Gasteiger charge is 2.04. The number of aryl methyl sites for hydroxylation is 1. The van der Waals surface area contributed by atoms with Crippen LogP contribution in [0.15, 0.2) is 23.7 Å². The lowest BCUT2D eigenvalue weighted by molar-refractivity contribution is 0.288. The Kier molecular flexibility index (Phi) is 2.96. The van der Waals surface area contributed by atoms with Crippen molar-refractivity contribution in [2.24, 2.45) is 0 Å². The molecule has 0 aliphatic rings. The fourth-order valence-corrected chi connectivity index (χ4v) is 2.11. The van der Waals surface area contributed by atoms with Crippen LogP contribution in [0.1, 0.15) is 12.1 Å². The zero-order chi connectivity index (χ0) is 9.80. The molecule has 0 atom stereocenters. The van der Waals surface area contributed by atoms with Crippen molar-refractivity contribution in [3.8, 4) is 10.7 Å². The van der Waals surface area contributed by atoms with E-state index in [4.69, 9.17) is 5.11 Å². The number of nitrogens with zero attached hydrogens (tertiary/aromatic N) is 1. The third kappa shape index (κ3) is 2.02. The number of aliphatic hydroxyl groups is 1. The summed E-state index contributed by atoms with van der Waals surface area (Å²) in [5.74, 6) is 0. The minimum atomic E-state index is 0.232. The summed E-state index contributed by atoms with van der Waals surface area (Å²) in [7, 11) is 0. The monoisotopic (exact) mass is 208 g/mol. The molecule has 2 aromatic heterocycles. The second-order valence-electron chi connectivity index (χ2n) is 3.05. The van der Waals surface area contributed by atoms with Gasteiger partial charge in [-0.1, -0.05) is 0 Å². The average Bonchev–Trinajstić information content (AvgIpc) is 2.85. The Morgan fingerprint density at radius 2 is 2.43 bits per heavy atom. The molecule has 0 aliphatic heterocycles. The first kappa shape index (κ1) is 9.43. The van der Waals surface area contributed by atoms with Crippen LogP contribution in [0.2, 0.25) is 0 Å². The number of hydrogen-bond donors (Lipinski definition) is 2. The van der Waals surface area contributed by atoms with Crippen LogP contribution < -0.4 is 0 Å². The first-order valence-corrected chi connectivity index (χ1v) is 5.47. The van der Waals surface area contributed by atoms with Gasteiger partial charge in [-0.15, -0.1) is 11.3 Å². The van der Waals surface area contributed by atoms with E-state index in [9.17, 15) is 0 Å². The minimum absolute atomic E-state index is 0.232. The molecule has 0 amide bonds. The fourth-order valence-electron chi connectivity index (χ4n) is 1.27. The topological polar surface area (TPSA) is 48.9 Å². The normalized spacial score (nSPS) is 10.6. The summed E-state index contributed by atoms with van der Waals surface area (Å²) in [6.45, 7) is 0.232. The van der Waals surface area contributed by atoms with Gasteiger partial charge in [-0.3, -0.25) is 0 Å². The lowest BCUT2D eigenvalue weighted by Crippen LogP contribution is -1.89. The van der Waals surface area contributed by atoms with E-state index in [1.807, 2.05) is 23.7 Å². The highest BCUT2D eigenvalue weighted by Crippen LogP contribution is 2.22. The summed E-state index contributed by atoms with van der Waals surface area (Å²) in [4.78, 5) is 7.59. The van der Waals surface area contributed by atoms with E-state index in [1.165, 1.54) is 0 Å². The number of aromatic amines is 1. The van der Waals surface area contributed by atoms with Crippen LogP contribution in [0.4, 0.5) is 0 Å². The molecule has 0 aliphatic carbocycles. The van der Waals surface area contributed by atoms with E-state index in [2.05, 4.69) is 9.97 Å². The average molecular weight is 208 g/mol. The van der Waals surface area contributed by atoms with Gasteiger partial charge in [0.05, 0.1) is 11.4 Å². The van der Waals surface area contributed by atoms with Gasteiger partial charge in [0.1, 0.15) is 5.01 Å².